The number of nitrogens with zero attached hydrogens (tertiary/aromatic N) is 1. The highest BCUT2D eigenvalue weighted by Crippen LogP contribution is 2.13. The van der Waals surface area contributed by atoms with Crippen LogP contribution in [0.2, 0.25) is 0 Å². The van der Waals surface area contributed by atoms with E-state index in [1.807, 2.05) is 7.05 Å². The average molecular weight is 290 g/mol. The Morgan fingerprint density at radius 1 is 1.50 bits per heavy atom. The van der Waals surface area contributed by atoms with Crippen molar-refractivity contribution in [3.05, 3.63) is 0 Å². The summed E-state index contributed by atoms with van der Waals surface area (Å²) in [4.78, 5) is 8.90. The summed E-state index contributed by atoms with van der Waals surface area (Å²) in [6.45, 7) is 3.30. The van der Waals surface area contributed by atoms with Gasteiger partial charge in [-0.05, 0) is 38.9 Å². The van der Waals surface area contributed by atoms with Crippen LogP contribution in [0.3, 0.4) is 0 Å². The first kappa shape index (κ1) is 17.3. The van der Waals surface area contributed by atoms with Crippen molar-refractivity contribution in [2.75, 3.05) is 26.7 Å². The topological polar surface area (TPSA) is 69.6 Å². The number of carbonyl (C=O) groups is 1. The molecule has 0 atom stereocenters. The molecule has 1 aliphatic rings. The molecule has 1 heterocycles. The molecule has 0 radical (unpaired) electrons. The van der Waals surface area contributed by atoms with Gasteiger partial charge in [0.25, 0.3) is 0 Å². The molecule has 0 aromatic heterocycles. The number of hydrogen-bond acceptors (Lipinski definition) is 3. The standard InChI is InChI=1S/C7H16N2OS.C2HF3O2/c1-9(11-10)4-2-3-7-5-8-6-7;3-2(4,5)1(6)7/h7-8,11H,2-6H2,1H3;(H,6,7). The van der Waals surface area contributed by atoms with Crippen LogP contribution in [0.1, 0.15) is 12.8 Å². The lowest BCUT2D eigenvalue weighted by atomic mass is 9.98. The fourth-order valence-corrected chi connectivity index (χ4v) is 1.43. The van der Waals surface area contributed by atoms with Gasteiger partial charge in [-0.25, -0.2) is 13.3 Å². The lowest BCUT2D eigenvalue weighted by molar-refractivity contribution is -0.192. The van der Waals surface area contributed by atoms with Crippen LogP contribution in [-0.2, 0) is 16.6 Å². The van der Waals surface area contributed by atoms with Crippen LogP contribution in [0.5, 0.6) is 0 Å². The number of carboxylic acids is 1. The molecule has 1 rings (SSSR count). The van der Waals surface area contributed by atoms with Gasteiger partial charge < -0.3 is 10.4 Å². The van der Waals surface area contributed by atoms with Gasteiger partial charge in [-0.15, -0.1) is 0 Å². The predicted octanol–water partition coefficient (Wildman–Crippen LogP) is 0.411. The molecule has 0 unspecified atom stereocenters. The summed E-state index contributed by atoms with van der Waals surface area (Å²) in [5.74, 6) is -1.88. The number of nitrogens with one attached hydrogen (secondary N) is 1. The molecular formula is C9H17F3N2O3S. The van der Waals surface area contributed by atoms with Gasteiger partial charge in [0, 0.05) is 6.54 Å². The van der Waals surface area contributed by atoms with E-state index in [1.54, 1.807) is 4.31 Å². The summed E-state index contributed by atoms with van der Waals surface area (Å²) >= 11 is 0.146. The van der Waals surface area contributed by atoms with Gasteiger partial charge in [-0.2, -0.15) is 13.2 Å². The minimum Gasteiger partial charge on any atom is -0.475 e. The first-order chi connectivity index (χ1) is 8.27. The lowest BCUT2D eigenvalue weighted by Crippen LogP contribution is -2.42. The number of hydrogen-bond donors (Lipinski definition) is 3. The van der Waals surface area contributed by atoms with Crippen LogP contribution in [0, 0.1) is 5.92 Å². The van der Waals surface area contributed by atoms with E-state index in [-0.39, 0.29) is 11.9 Å². The Morgan fingerprint density at radius 2 is 2.00 bits per heavy atom. The van der Waals surface area contributed by atoms with Gasteiger partial charge >= 0.3 is 12.1 Å². The number of halogens is 3. The predicted molar refractivity (Wildman–Crippen MR) is 61.5 cm³/mol. The summed E-state index contributed by atoms with van der Waals surface area (Å²) in [5.41, 5.74) is 0. The van der Waals surface area contributed by atoms with Crippen LogP contribution < -0.4 is 5.32 Å². The maximum Gasteiger partial charge on any atom is 0.490 e. The van der Waals surface area contributed by atoms with E-state index >= 15 is 0 Å². The van der Waals surface area contributed by atoms with Crippen molar-refractivity contribution in [3.63, 3.8) is 0 Å². The molecule has 0 spiro atoms. The van der Waals surface area contributed by atoms with Crippen molar-refractivity contribution in [1.29, 1.82) is 0 Å². The van der Waals surface area contributed by atoms with Gasteiger partial charge in [0.2, 0.25) is 0 Å². The zero-order chi connectivity index (χ0) is 14.2. The Balaban J connectivity index is 0.000000360. The maximum absolute atomic E-state index is 10.6. The second kappa shape index (κ2) is 8.44. The molecule has 0 aliphatic carbocycles. The smallest absolute Gasteiger partial charge is 0.475 e. The largest absolute Gasteiger partial charge is 0.490 e. The third-order valence-corrected chi connectivity index (χ3v) is 2.82. The summed E-state index contributed by atoms with van der Waals surface area (Å²) in [6, 6.07) is 0. The Morgan fingerprint density at radius 3 is 2.28 bits per heavy atom. The first-order valence-corrected chi connectivity index (χ1v) is 6.09. The van der Waals surface area contributed by atoms with E-state index < -0.39 is 12.1 Å². The van der Waals surface area contributed by atoms with Crippen LogP contribution >= 0.6 is 0 Å². The zero-order valence-corrected chi connectivity index (χ0v) is 10.8. The molecule has 0 bridgehead atoms. The van der Waals surface area contributed by atoms with Gasteiger partial charge in [-0.3, -0.25) is 0 Å². The molecular weight excluding hydrogens is 273 g/mol. The van der Waals surface area contributed by atoms with E-state index in [0.29, 0.717) is 0 Å². The van der Waals surface area contributed by atoms with Crippen LogP contribution in [-0.4, -0.2) is 52.4 Å². The third kappa shape index (κ3) is 8.43. The Kier molecular flexibility index (Phi) is 8.12. The normalized spacial score (nSPS) is 15.8. The minimum absolute atomic E-state index is 0.146. The van der Waals surface area contributed by atoms with Crippen LogP contribution in [0.15, 0.2) is 0 Å². The average Bonchev–Trinajstić information content (AvgIpc) is 2.20. The number of rotatable bonds is 5. The highest BCUT2D eigenvalue weighted by Gasteiger charge is 2.38. The molecule has 0 saturated carbocycles. The van der Waals surface area contributed by atoms with Gasteiger partial charge in [0.1, 0.15) is 0 Å². The van der Waals surface area contributed by atoms with Crippen molar-refractivity contribution >= 4 is 17.8 Å². The molecule has 1 aliphatic heterocycles. The molecule has 1 saturated heterocycles. The molecule has 1 fully saturated rings. The number of alkyl halides is 3. The fraction of sp³-hybridized carbons (Fsp3) is 0.889. The number of aliphatic carboxylic acids is 1. The quantitative estimate of drug-likeness (QED) is 0.642. The Hall–Kier alpha value is -0.670. The van der Waals surface area contributed by atoms with Crippen molar-refractivity contribution < 1.29 is 27.3 Å². The molecule has 18 heavy (non-hydrogen) atoms. The lowest BCUT2D eigenvalue weighted by Gasteiger charge is -2.27. The molecule has 9 heteroatoms. The van der Waals surface area contributed by atoms with Gasteiger partial charge in [0.15, 0.2) is 0 Å². The summed E-state index contributed by atoms with van der Waals surface area (Å²) in [7, 11) is 1.87. The summed E-state index contributed by atoms with van der Waals surface area (Å²) in [6.07, 6.45) is -2.65. The van der Waals surface area contributed by atoms with Crippen molar-refractivity contribution in [2.24, 2.45) is 5.92 Å². The highest BCUT2D eigenvalue weighted by molar-refractivity contribution is 7.62. The van der Waals surface area contributed by atoms with E-state index in [9.17, 15) is 17.4 Å². The fourth-order valence-electron chi connectivity index (χ4n) is 1.20. The van der Waals surface area contributed by atoms with Gasteiger partial charge in [0.05, 0.1) is 11.9 Å². The Bertz CT molecular complexity index is 272. The van der Waals surface area contributed by atoms with Crippen molar-refractivity contribution in [2.45, 2.75) is 19.0 Å². The van der Waals surface area contributed by atoms with E-state index in [2.05, 4.69) is 5.32 Å². The first-order valence-electron chi connectivity index (χ1n) is 5.32. The molecule has 5 nitrogen and oxygen atoms in total. The maximum atomic E-state index is 10.6. The summed E-state index contributed by atoms with van der Waals surface area (Å²) in [5, 5.41) is 10.4. The van der Waals surface area contributed by atoms with Crippen LogP contribution in [0.25, 0.3) is 0 Å². The van der Waals surface area contributed by atoms with Crippen LogP contribution in [0.4, 0.5) is 13.2 Å². The van der Waals surface area contributed by atoms with E-state index in [4.69, 9.17) is 9.90 Å². The van der Waals surface area contributed by atoms with Crippen molar-refractivity contribution in [3.8, 4) is 0 Å². The van der Waals surface area contributed by atoms with Crippen molar-refractivity contribution in [1.82, 2.24) is 9.62 Å². The molecule has 2 N–H and O–H groups in total. The highest BCUT2D eigenvalue weighted by atomic mass is 32.2. The molecule has 0 aromatic carbocycles. The molecule has 0 amide bonds. The molecule has 0 aromatic rings. The second-order valence-corrected chi connectivity index (χ2v) is 4.78. The van der Waals surface area contributed by atoms with Gasteiger partial charge in [-0.1, -0.05) is 0 Å². The number of thiol groups is 1. The van der Waals surface area contributed by atoms with E-state index in [0.717, 1.165) is 18.9 Å². The summed E-state index contributed by atoms with van der Waals surface area (Å²) < 4.78 is 43.8. The minimum atomic E-state index is -5.08. The SMILES string of the molecule is CN(CCCC1CNC1)[SH]=O.O=C(O)C(F)(F)F. The number of carboxylic acid groups (broad SMARTS) is 1. The van der Waals surface area contributed by atoms with E-state index in [1.165, 1.54) is 19.5 Å². The third-order valence-electron chi connectivity index (χ3n) is 2.34. The monoisotopic (exact) mass is 290 g/mol. The molecule has 108 valence electrons. The zero-order valence-electron chi connectivity index (χ0n) is 9.90. The Labute approximate surface area is 107 Å². The second-order valence-electron chi connectivity index (χ2n) is 3.93.